The highest BCUT2D eigenvalue weighted by Gasteiger charge is 2.37. The number of fused-ring (bicyclic) bond motifs is 1. The summed E-state index contributed by atoms with van der Waals surface area (Å²) in [4.78, 5) is 104. The molecule has 0 bridgehead atoms. The van der Waals surface area contributed by atoms with E-state index in [1.807, 2.05) is 26.6 Å². The number of hydrogen-bond donors (Lipinski definition) is 20. The van der Waals surface area contributed by atoms with Crippen molar-refractivity contribution in [2.75, 3.05) is 4.90 Å². The summed E-state index contributed by atoms with van der Waals surface area (Å²) in [5.41, 5.74) is 24.5. The Bertz CT molecular complexity index is 2820. The average Bonchev–Trinajstić information content (AvgIpc) is 3.31. The minimum Gasteiger partial charge on any atom is -0.508 e. The van der Waals surface area contributed by atoms with Crippen molar-refractivity contribution in [3.8, 4) is 5.75 Å². The Morgan fingerprint density at radius 3 is 1.53 bits per heavy atom. The van der Waals surface area contributed by atoms with Gasteiger partial charge in [-0.3, -0.25) is 70.6 Å². The van der Waals surface area contributed by atoms with E-state index in [2.05, 4.69) is 21.3 Å². The third-order valence-corrected chi connectivity index (χ3v) is 9.65. The molecule has 0 heterocycles. The first-order valence-corrected chi connectivity index (χ1v) is 20.2. The monoisotopic (exact) mass is 1000 g/mol. The number of anilines is 1. The molecule has 25 N–H and O–H groups in total. The number of carbonyl (C=O) groups is 6. The molecule has 72 heavy (non-hydrogen) atoms. The van der Waals surface area contributed by atoms with Gasteiger partial charge in [0.1, 0.15) is 17.5 Å². The first-order chi connectivity index (χ1) is 33.9. The second kappa shape index (κ2) is 23.9. The Morgan fingerprint density at radius 1 is 0.569 bits per heavy atom. The normalized spacial score (nSPS) is 13.1. The zero-order valence-electron chi connectivity index (χ0n) is 37.0. The Hall–Kier alpha value is -10.6. The summed E-state index contributed by atoms with van der Waals surface area (Å²) in [7, 11) is 0. The molecule has 4 aromatic carbocycles. The van der Waals surface area contributed by atoms with E-state index >= 15 is 0 Å². The van der Waals surface area contributed by atoms with Crippen LogP contribution in [0.2, 0.25) is 0 Å². The van der Waals surface area contributed by atoms with Gasteiger partial charge in [-0.05, 0) is 28.5 Å². The van der Waals surface area contributed by atoms with Crippen LogP contribution in [-0.4, -0.2) is 110 Å². The number of hydrogen-bond acceptors (Lipinski definition) is 17. The Balaban J connectivity index is 1.69. The highest BCUT2D eigenvalue weighted by molar-refractivity contribution is 6.00. The number of benzene rings is 4. The van der Waals surface area contributed by atoms with Crippen LogP contribution in [0.1, 0.15) is 17.2 Å². The van der Waals surface area contributed by atoms with Gasteiger partial charge in [0.2, 0.25) is 12.1 Å². The number of non-ortho nitro benzene ring substituents is 1. The highest BCUT2D eigenvalue weighted by Crippen LogP contribution is 2.37. The number of aromatic hydroxyl groups is 1. The highest BCUT2D eigenvalue weighted by atomic mass is 16.6. The van der Waals surface area contributed by atoms with Crippen LogP contribution in [0.4, 0.5) is 17.1 Å². The number of carbonyl (C=O) groups excluding carboxylic acids is 6. The summed E-state index contributed by atoms with van der Waals surface area (Å²) in [6, 6.07) is 16.8. The maximum Gasteiger partial charge on any atom is 0.299 e. The Labute approximate surface area is 403 Å². The van der Waals surface area contributed by atoms with Crippen LogP contribution in [0, 0.1) is 41.9 Å². The summed E-state index contributed by atoms with van der Waals surface area (Å²) in [6.07, 6.45) is -10.8. The van der Waals surface area contributed by atoms with Crippen LogP contribution in [0.3, 0.4) is 0 Å². The standard InChI is InChI=1S/C39H47N21O12/c40-25(62)26(54-36(41)42)50-31(64)28(56-38(45)46)52-33(66)29(57-39(47)48)53-32(65)27(55-37(43)44)51-30(63)24(17-7-2-1-3-8-17)49-34(67)35(68)58(21-12-11-18(59(69)70)14-22(21)60(71)72)15-20-19-9-5-4-6-16(19)10-13-23(20)61/h1-14,24,26-29,35,61,68H,15H2,(H2,40,62)(H,49,67)(H,50,64)(H,51,63)(H,52,66)(H,53,65)(H4,41,42,54)(H4,43,44,55)(H4,45,46,56)(H4,47,48,57). The maximum absolute atomic E-state index is 14.3. The number of nitro groups is 2. The number of nitrogens with two attached hydrogens (primary N) is 5. The van der Waals surface area contributed by atoms with Gasteiger partial charge in [-0.25, -0.2) is 0 Å². The predicted octanol–water partition coefficient (Wildman–Crippen LogP) is -5.27. The van der Waals surface area contributed by atoms with E-state index < -0.39 is 130 Å². The lowest BCUT2D eigenvalue weighted by atomic mass is 10.0. The molecule has 0 aliphatic heterocycles. The van der Waals surface area contributed by atoms with Gasteiger partial charge in [-0.1, -0.05) is 60.7 Å². The SMILES string of the molecule is N=C(N)NC(NC(=O)C(NC(=N)N)NC(=O)C(NC(=N)N)NC(=O)C(NC(=N)N)NC(=O)C(NC(=O)C(O)N(Cc1c(O)ccc2ccccc12)c1ccc([N+](=O)[O-])cc1[N+](=O)[O-])c1ccccc1)C(N)=O. The molecule has 6 atom stereocenters. The van der Waals surface area contributed by atoms with Gasteiger partial charge in [0, 0.05) is 11.6 Å². The molecular weight excluding hydrogens is 955 g/mol. The number of amides is 6. The van der Waals surface area contributed by atoms with Crippen LogP contribution in [0.15, 0.2) is 84.9 Å². The van der Waals surface area contributed by atoms with E-state index in [0.717, 1.165) is 17.0 Å². The number of phenols is 1. The van der Waals surface area contributed by atoms with E-state index in [9.17, 15) is 59.2 Å². The second-order valence-corrected chi connectivity index (χ2v) is 14.7. The number of phenolic OH excluding ortho intramolecular Hbond substituents is 1. The molecule has 33 nitrogen and oxygen atoms in total. The summed E-state index contributed by atoms with van der Waals surface area (Å²) in [5.74, 6) is -12.3. The molecule has 0 aliphatic rings. The van der Waals surface area contributed by atoms with Crippen molar-refractivity contribution >= 4 is 87.1 Å². The summed E-state index contributed by atoms with van der Waals surface area (Å²) in [6.45, 7) is -0.669. The fourth-order valence-electron chi connectivity index (χ4n) is 6.49. The fraction of sp³-hybridized carbons (Fsp3) is 0.179. The fourth-order valence-corrected chi connectivity index (χ4v) is 6.49. The number of aliphatic hydroxyl groups is 1. The molecule has 0 aromatic heterocycles. The van der Waals surface area contributed by atoms with Gasteiger partial charge in [0.25, 0.3) is 40.9 Å². The first kappa shape index (κ1) is 54.0. The van der Waals surface area contributed by atoms with E-state index in [4.69, 9.17) is 50.3 Å². The van der Waals surface area contributed by atoms with Crippen LogP contribution >= 0.6 is 0 Å². The quantitative estimate of drug-likeness (QED) is 0.0115. The molecule has 0 saturated heterocycles. The summed E-state index contributed by atoms with van der Waals surface area (Å²) < 4.78 is 0. The van der Waals surface area contributed by atoms with Gasteiger partial charge in [-0.2, -0.15) is 0 Å². The summed E-state index contributed by atoms with van der Waals surface area (Å²) >= 11 is 0. The van der Waals surface area contributed by atoms with Gasteiger partial charge in [0.05, 0.1) is 22.5 Å². The molecular formula is C39H47N21O12. The topological polar surface area (TPSA) is 566 Å². The largest absolute Gasteiger partial charge is 0.508 e. The molecule has 0 saturated carbocycles. The molecule has 4 aromatic rings. The van der Waals surface area contributed by atoms with Crippen LogP contribution in [-0.2, 0) is 35.3 Å². The number of rotatable bonds is 22. The predicted molar refractivity (Wildman–Crippen MR) is 252 cm³/mol. The van der Waals surface area contributed by atoms with E-state index in [1.54, 1.807) is 30.3 Å². The average molecular weight is 1000 g/mol. The lowest BCUT2D eigenvalue weighted by molar-refractivity contribution is -0.393. The van der Waals surface area contributed by atoms with Crippen molar-refractivity contribution in [1.29, 1.82) is 21.6 Å². The molecule has 6 unspecified atom stereocenters. The van der Waals surface area contributed by atoms with Crippen molar-refractivity contribution in [2.24, 2.45) is 28.7 Å². The van der Waals surface area contributed by atoms with Crippen LogP contribution < -0.4 is 81.4 Å². The van der Waals surface area contributed by atoms with Crippen molar-refractivity contribution in [3.05, 3.63) is 116 Å². The number of aliphatic hydroxyl groups excluding tert-OH is 1. The van der Waals surface area contributed by atoms with Gasteiger partial charge < -0.3 is 91.6 Å². The third-order valence-electron chi connectivity index (χ3n) is 9.65. The van der Waals surface area contributed by atoms with Gasteiger partial charge in [-0.15, -0.1) is 0 Å². The number of primary amides is 1. The third kappa shape index (κ3) is 14.5. The van der Waals surface area contributed by atoms with Gasteiger partial charge >= 0.3 is 0 Å². The molecule has 0 spiro atoms. The second-order valence-electron chi connectivity index (χ2n) is 14.7. The van der Waals surface area contributed by atoms with Crippen molar-refractivity contribution in [2.45, 2.75) is 43.5 Å². The minimum absolute atomic E-state index is 0.0351. The maximum atomic E-state index is 14.3. The minimum atomic E-state index is -2.51. The molecule has 0 radical (unpaired) electrons. The molecule has 0 aliphatic carbocycles. The number of nitrogens with one attached hydrogen (secondary N) is 13. The Morgan fingerprint density at radius 2 is 1.04 bits per heavy atom. The summed E-state index contributed by atoms with van der Waals surface area (Å²) in [5, 5.41) is 96.9. The number of guanidine groups is 4. The first-order valence-electron chi connectivity index (χ1n) is 20.2. The van der Waals surface area contributed by atoms with Gasteiger partial charge in [0.15, 0.2) is 48.5 Å². The number of nitrogens with zero attached hydrogens (tertiary/aromatic N) is 3. The van der Waals surface area contributed by atoms with E-state index in [-0.39, 0.29) is 16.9 Å². The molecule has 6 amide bonds. The van der Waals surface area contributed by atoms with Crippen molar-refractivity contribution < 1.29 is 48.8 Å². The lowest BCUT2D eigenvalue weighted by Gasteiger charge is -2.31. The zero-order chi connectivity index (χ0) is 53.6. The van der Waals surface area contributed by atoms with Crippen molar-refractivity contribution in [3.63, 3.8) is 0 Å². The zero-order valence-corrected chi connectivity index (χ0v) is 37.0. The molecule has 33 heteroatoms. The Kier molecular flexibility index (Phi) is 17.9. The smallest absolute Gasteiger partial charge is 0.299 e. The van der Waals surface area contributed by atoms with E-state index in [1.165, 1.54) is 36.4 Å². The molecule has 380 valence electrons. The lowest BCUT2D eigenvalue weighted by Crippen LogP contribution is -2.68. The van der Waals surface area contributed by atoms with Crippen LogP contribution in [0.25, 0.3) is 10.8 Å². The van der Waals surface area contributed by atoms with Crippen molar-refractivity contribution in [1.82, 2.24) is 47.9 Å². The number of nitro benzene ring substituents is 2. The van der Waals surface area contributed by atoms with E-state index in [0.29, 0.717) is 16.8 Å². The molecule has 0 fully saturated rings. The van der Waals surface area contributed by atoms with Crippen LogP contribution in [0.5, 0.6) is 5.75 Å². The molecule has 4 rings (SSSR count).